The molecular weight excluding hydrogens is 252 g/mol. The van der Waals surface area contributed by atoms with Crippen molar-refractivity contribution in [2.45, 2.75) is 71.1 Å². The Morgan fingerprint density at radius 2 is 1.33 bits per heavy atom. The van der Waals surface area contributed by atoms with Gasteiger partial charge in [-0.25, -0.2) is 0 Å². The van der Waals surface area contributed by atoms with Crippen LogP contribution in [0.5, 0.6) is 0 Å². The number of rotatable bonds is 12. The molecule has 0 heterocycles. The quantitative estimate of drug-likeness (QED) is 0.439. The maximum absolute atomic E-state index is 11.1. The van der Waals surface area contributed by atoms with Crippen LogP contribution in [0.15, 0.2) is 0 Å². The second kappa shape index (κ2) is 10.5. The number of carbonyl (C=O) groups excluding carboxylic acids is 1. The van der Waals surface area contributed by atoms with E-state index in [0.29, 0.717) is 0 Å². The van der Waals surface area contributed by atoms with Gasteiger partial charge in [0.1, 0.15) is 11.5 Å². The van der Waals surface area contributed by atoms with E-state index < -0.39 is 15.9 Å². The molecule has 0 aliphatic heterocycles. The van der Waals surface area contributed by atoms with E-state index in [4.69, 9.17) is 4.55 Å². The Hall–Kier alpha value is -0.420. The van der Waals surface area contributed by atoms with Crippen molar-refractivity contribution in [3.8, 4) is 0 Å². The number of unbranched alkanes of at least 4 members (excludes halogenated alkanes) is 8. The molecule has 108 valence electrons. The van der Waals surface area contributed by atoms with Gasteiger partial charge in [0.2, 0.25) is 0 Å². The lowest BCUT2D eigenvalue weighted by Crippen LogP contribution is -2.14. The summed E-state index contributed by atoms with van der Waals surface area (Å²) in [4.78, 5) is 11.1. The minimum Gasteiger partial charge on any atom is -0.298 e. The van der Waals surface area contributed by atoms with Crippen molar-refractivity contribution in [3.63, 3.8) is 0 Å². The maximum Gasteiger partial charge on any atom is 0.272 e. The molecule has 5 heteroatoms. The molecule has 0 fully saturated rings. The van der Waals surface area contributed by atoms with E-state index in [9.17, 15) is 13.2 Å². The SMILES string of the molecule is CCCCCCCCCCCC(=O)CS(=O)(=O)O. The normalized spacial score (nSPS) is 11.7. The smallest absolute Gasteiger partial charge is 0.272 e. The molecule has 0 aliphatic rings. The van der Waals surface area contributed by atoms with E-state index in [-0.39, 0.29) is 12.2 Å². The van der Waals surface area contributed by atoms with Crippen LogP contribution in [-0.4, -0.2) is 24.5 Å². The Bertz CT molecular complexity index is 309. The van der Waals surface area contributed by atoms with Crippen LogP contribution in [-0.2, 0) is 14.9 Å². The van der Waals surface area contributed by atoms with Gasteiger partial charge in [0.05, 0.1) is 0 Å². The van der Waals surface area contributed by atoms with E-state index in [1.54, 1.807) is 0 Å². The first-order valence-corrected chi connectivity index (χ1v) is 8.53. The number of Topliss-reactive ketones (excluding diaryl/α,β-unsaturated/α-hetero) is 1. The van der Waals surface area contributed by atoms with Gasteiger partial charge in [0.25, 0.3) is 10.1 Å². The van der Waals surface area contributed by atoms with Crippen LogP contribution in [0.1, 0.15) is 71.1 Å². The van der Waals surface area contributed by atoms with Crippen LogP contribution >= 0.6 is 0 Å². The first kappa shape index (κ1) is 17.6. The third kappa shape index (κ3) is 13.6. The molecule has 0 bridgehead atoms. The van der Waals surface area contributed by atoms with Gasteiger partial charge in [-0.1, -0.05) is 58.3 Å². The topological polar surface area (TPSA) is 71.4 Å². The Balaban J connectivity index is 3.28. The largest absolute Gasteiger partial charge is 0.298 e. The lowest BCUT2D eigenvalue weighted by atomic mass is 10.1. The van der Waals surface area contributed by atoms with Crippen molar-refractivity contribution >= 4 is 15.9 Å². The van der Waals surface area contributed by atoms with Crippen molar-refractivity contribution in [3.05, 3.63) is 0 Å². The minimum absolute atomic E-state index is 0.260. The first-order chi connectivity index (χ1) is 8.45. The van der Waals surface area contributed by atoms with Crippen molar-refractivity contribution in [2.24, 2.45) is 0 Å². The summed E-state index contributed by atoms with van der Waals surface area (Å²) in [5.41, 5.74) is 0. The molecule has 1 N–H and O–H groups in total. The Kier molecular flexibility index (Phi) is 10.3. The molecule has 0 aromatic carbocycles. The van der Waals surface area contributed by atoms with Crippen LogP contribution in [0.2, 0.25) is 0 Å². The fourth-order valence-corrected chi connectivity index (χ4v) is 2.46. The van der Waals surface area contributed by atoms with E-state index in [0.717, 1.165) is 19.3 Å². The summed E-state index contributed by atoms with van der Waals surface area (Å²) < 4.78 is 29.4. The fraction of sp³-hybridized carbons (Fsp3) is 0.923. The lowest BCUT2D eigenvalue weighted by Gasteiger charge is -2.01. The number of carbonyl (C=O) groups is 1. The summed E-state index contributed by atoms with van der Waals surface area (Å²) in [6.45, 7) is 2.20. The molecule has 0 amide bonds. The average molecular weight is 278 g/mol. The van der Waals surface area contributed by atoms with Gasteiger partial charge in [0.15, 0.2) is 0 Å². The molecule has 4 nitrogen and oxygen atoms in total. The summed E-state index contributed by atoms with van der Waals surface area (Å²) in [6, 6.07) is 0. The molecule has 0 radical (unpaired) electrons. The standard InChI is InChI=1S/C13H26O4S/c1-2-3-4-5-6-7-8-9-10-11-13(14)12-18(15,16)17/h2-12H2,1H3,(H,15,16,17). The van der Waals surface area contributed by atoms with Gasteiger partial charge in [-0.05, 0) is 6.42 Å². The van der Waals surface area contributed by atoms with Crippen LogP contribution in [0.4, 0.5) is 0 Å². The van der Waals surface area contributed by atoms with Gasteiger partial charge in [-0.15, -0.1) is 0 Å². The highest BCUT2D eigenvalue weighted by Gasteiger charge is 2.11. The van der Waals surface area contributed by atoms with E-state index in [1.807, 2.05) is 0 Å². The highest BCUT2D eigenvalue weighted by atomic mass is 32.2. The predicted molar refractivity (Wildman–Crippen MR) is 73.3 cm³/mol. The van der Waals surface area contributed by atoms with Crippen molar-refractivity contribution < 1.29 is 17.8 Å². The monoisotopic (exact) mass is 278 g/mol. The molecule has 0 spiro atoms. The van der Waals surface area contributed by atoms with Gasteiger partial charge < -0.3 is 0 Å². The summed E-state index contributed by atoms with van der Waals surface area (Å²) in [5.74, 6) is -1.12. The van der Waals surface area contributed by atoms with Gasteiger partial charge in [-0.3, -0.25) is 9.35 Å². The van der Waals surface area contributed by atoms with Crippen LogP contribution in [0.3, 0.4) is 0 Å². The summed E-state index contributed by atoms with van der Waals surface area (Å²) in [7, 11) is -4.13. The summed E-state index contributed by atoms with van der Waals surface area (Å²) >= 11 is 0. The molecular formula is C13H26O4S. The molecule has 0 aromatic heterocycles. The lowest BCUT2D eigenvalue weighted by molar-refractivity contribution is -0.116. The predicted octanol–water partition coefficient (Wildman–Crippen LogP) is 3.36. The molecule has 0 unspecified atom stereocenters. The van der Waals surface area contributed by atoms with E-state index >= 15 is 0 Å². The Morgan fingerprint density at radius 1 is 0.889 bits per heavy atom. The first-order valence-electron chi connectivity index (χ1n) is 6.92. The Labute approximate surface area is 111 Å². The zero-order valence-electron chi connectivity index (χ0n) is 11.4. The number of hydrogen-bond donors (Lipinski definition) is 1. The second-order valence-electron chi connectivity index (χ2n) is 4.84. The highest BCUT2D eigenvalue weighted by Crippen LogP contribution is 2.10. The molecule has 0 aliphatic carbocycles. The molecule has 0 rings (SSSR count). The summed E-state index contributed by atoms with van der Waals surface area (Å²) in [5, 5.41) is 0. The van der Waals surface area contributed by atoms with Crippen LogP contribution in [0.25, 0.3) is 0 Å². The zero-order chi connectivity index (χ0) is 13.9. The highest BCUT2D eigenvalue weighted by molar-refractivity contribution is 7.86. The fourth-order valence-electron chi connectivity index (χ4n) is 1.91. The van der Waals surface area contributed by atoms with E-state index in [2.05, 4.69) is 6.92 Å². The molecule has 0 saturated carbocycles. The molecule has 0 atom stereocenters. The number of ketones is 1. The van der Waals surface area contributed by atoms with Gasteiger partial charge in [-0.2, -0.15) is 8.42 Å². The number of hydrogen-bond acceptors (Lipinski definition) is 3. The van der Waals surface area contributed by atoms with Crippen molar-refractivity contribution in [1.82, 2.24) is 0 Å². The average Bonchev–Trinajstić information content (AvgIpc) is 2.24. The van der Waals surface area contributed by atoms with E-state index in [1.165, 1.54) is 38.5 Å². The van der Waals surface area contributed by atoms with Crippen LogP contribution < -0.4 is 0 Å². The van der Waals surface area contributed by atoms with Gasteiger partial charge >= 0.3 is 0 Å². The second-order valence-corrected chi connectivity index (χ2v) is 6.30. The minimum atomic E-state index is -4.13. The van der Waals surface area contributed by atoms with Gasteiger partial charge in [0, 0.05) is 6.42 Å². The molecule has 0 aromatic rings. The maximum atomic E-state index is 11.1. The third-order valence-electron chi connectivity index (χ3n) is 2.90. The van der Waals surface area contributed by atoms with Crippen LogP contribution in [0, 0.1) is 0 Å². The molecule has 0 saturated heterocycles. The molecule has 18 heavy (non-hydrogen) atoms. The summed E-state index contributed by atoms with van der Waals surface area (Å²) in [6.07, 6.45) is 10.7. The third-order valence-corrected chi connectivity index (χ3v) is 3.59. The Morgan fingerprint density at radius 3 is 1.78 bits per heavy atom. The van der Waals surface area contributed by atoms with Crippen molar-refractivity contribution in [1.29, 1.82) is 0 Å². The zero-order valence-corrected chi connectivity index (χ0v) is 12.2. The van der Waals surface area contributed by atoms with Crippen molar-refractivity contribution in [2.75, 3.05) is 5.75 Å².